The van der Waals surface area contributed by atoms with Crippen molar-refractivity contribution < 1.29 is 13.9 Å². The van der Waals surface area contributed by atoms with Crippen LogP contribution in [0.1, 0.15) is 18.0 Å². The predicted molar refractivity (Wildman–Crippen MR) is 48.9 cm³/mol. The van der Waals surface area contributed by atoms with Gasteiger partial charge < -0.3 is 9.15 Å². The van der Waals surface area contributed by atoms with Gasteiger partial charge in [0.15, 0.2) is 5.89 Å². The molecule has 0 aromatic carbocycles. The Morgan fingerprint density at radius 1 is 1.64 bits per heavy atom. The van der Waals surface area contributed by atoms with E-state index in [-0.39, 0.29) is 11.7 Å². The van der Waals surface area contributed by atoms with E-state index in [1.165, 1.54) is 0 Å². The third-order valence-electron chi connectivity index (χ3n) is 2.39. The van der Waals surface area contributed by atoms with Gasteiger partial charge in [-0.05, 0) is 0 Å². The van der Waals surface area contributed by atoms with E-state index in [2.05, 4.69) is 4.98 Å². The lowest BCUT2D eigenvalue weighted by molar-refractivity contribution is -0.130. The van der Waals surface area contributed by atoms with Crippen molar-refractivity contribution >= 4 is 5.78 Å². The van der Waals surface area contributed by atoms with E-state index in [1.54, 1.807) is 13.2 Å². The van der Waals surface area contributed by atoms with Gasteiger partial charge >= 0.3 is 0 Å². The van der Waals surface area contributed by atoms with Crippen LogP contribution in [0.5, 0.6) is 0 Å². The van der Waals surface area contributed by atoms with E-state index >= 15 is 0 Å². The molecule has 1 fully saturated rings. The molecular weight excluding hydrogens is 182 g/mol. The molecule has 0 amide bonds. The normalized spacial score (nSPS) is 22.6. The number of carbonyl (C=O) groups excluding carboxylic acids is 1. The average molecular weight is 195 g/mol. The Balaban J connectivity index is 1.99. The Labute approximate surface area is 82.3 Å². The van der Waals surface area contributed by atoms with Crippen LogP contribution in [0.4, 0.5) is 0 Å². The minimum absolute atomic E-state index is 0.0340. The number of hydrogen-bond donors (Lipinski definition) is 0. The molecule has 0 spiro atoms. The highest BCUT2D eigenvalue weighted by molar-refractivity contribution is 5.82. The van der Waals surface area contributed by atoms with E-state index in [1.807, 2.05) is 0 Å². The van der Waals surface area contributed by atoms with Crippen LogP contribution in [0.25, 0.3) is 0 Å². The molecule has 76 valence electrons. The van der Waals surface area contributed by atoms with Crippen LogP contribution in [0.3, 0.4) is 0 Å². The molecule has 0 bridgehead atoms. The Kier molecular flexibility index (Phi) is 2.63. The Hall–Kier alpha value is -1.16. The van der Waals surface area contributed by atoms with E-state index < -0.39 is 0 Å². The maximum Gasteiger partial charge on any atom is 0.191 e. The third kappa shape index (κ3) is 2.01. The molecule has 14 heavy (non-hydrogen) atoms. The molecule has 1 saturated heterocycles. The summed E-state index contributed by atoms with van der Waals surface area (Å²) in [6, 6.07) is 0. The second-order valence-corrected chi connectivity index (χ2v) is 3.55. The third-order valence-corrected chi connectivity index (χ3v) is 2.39. The standard InChI is InChI=1S/C10H13NO3/c1-7-11-9(6-14-7)4-8-5-13-3-2-10(8)12/h6,8H,2-5H2,1H3. The molecular formula is C10H13NO3. The zero-order valence-corrected chi connectivity index (χ0v) is 8.16. The Bertz CT molecular complexity index is 332. The summed E-state index contributed by atoms with van der Waals surface area (Å²) in [5.74, 6) is 0.884. The summed E-state index contributed by atoms with van der Waals surface area (Å²) in [5.41, 5.74) is 0.839. The highest BCUT2D eigenvalue weighted by Crippen LogP contribution is 2.15. The molecule has 0 radical (unpaired) electrons. The average Bonchev–Trinajstić information content (AvgIpc) is 2.56. The van der Waals surface area contributed by atoms with Crippen LogP contribution < -0.4 is 0 Å². The largest absolute Gasteiger partial charge is 0.449 e. The number of carbonyl (C=O) groups is 1. The number of Topliss-reactive ketones (excluding diaryl/α,β-unsaturated/α-hetero) is 1. The van der Waals surface area contributed by atoms with Gasteiger partial charge in [-0.3, -0.25) is 4.79 Å². The van der Waals surface area contributed by atoms with Crippen molar-refractivity contribution in [3.63, 3.8) is 0 Å². The first-order chi connectivity index (χ1) is 6.75. The smallest absolute Gasteiger partial charge is 0.191 e. The Morgan fingerprint density at radius 2 is 2.50 bits per heavy atom. The molecule has 2 rings (SSSR count). The van der Waals surface area contributed by atoms with Crippen LogP contribution in [-0.4, -0.2) is 24.0 Å². The molecule has 0 aliphatic carbocycles. The van der Waals surface area contributed by atoms with Crippen LogP contribution in [0.2, 0.25) is 0 Å². The van der Waals surface area contributed by atoms with Gasteiger partial charge in [0.05, 0.1) is 18.9 Å². The summed E-state index contributed by atoms with van der Waals surface area (Å²) >= 11 is 0. The summed E-state index contributed by atoms with van der Waals surface area (Å²) in [5, 5.41) is 0. The van der Waals surface area contributed by atoms with Crippen molar-refractivity contribution in [2.75, 3.05) is 13.2 Å². The summed E-state index contributed by atoms with van der Waals surface area (Å²) in [6.45, 7) is 2.88. The van der Waals surface area contributed by atoms with Gasteiger partial charge in [0.1, 0.15) is 12.0 Å². The van der Waals surface area contributed by atoms with Crippen molar-refractivity contribution in [2.45, 2.75) is 19.8 Å². The summed E-state index contributed by atoms with van der Waals surface area (Å²) in [7, 11) is 0. The number of ketones is 1. The molecule has 4 nitrogen and oxygen atoms in total. The van der Waals surface area contributed by atoms with E-state index in [0.29, 0.717) is 31.9 Å². The van der Waals surface area contributed by atoms with E-state index in [4.69, 9.17) is 9.15 Å². The first kappa shape index (κ1) is 9.40. The zero-order chi connectivity index (χ0) is 9.97. The van der Waals surface area contributed by atoms with Crippen molar-refractivity contribution in [1.29, 1.82) is 0 Å². The number of ether oxygens (including phenoxy) is 1. The van der Waals surface area contributed by atoms with Gasteiger partial charge in [-0.2, -0.15) is 0 Å². The van der Waals surface area contributed by atoms with Crippen molar-refractivity contribution in [1.82, 2.24) is 4.98 Å². The summed E-state index contributed by atoms with van der Waals surface area (Å²) < 4.78 is 10.3. The molecule has 4 heteroatoms. The fourth-order valence-electron chi connectivity index (χ4n) is 1.62. The van der Waals surface area contributed by atoms with Crippen molar-refractivity contribution in [3.8, 4) is 0 Å². The molecule has 0 N–H and O–H groups in total. The Morgan fingerprint density at radius 3 is 3.14 bits per heavy atom. The SMILES string of the molecule is Cc1nc(CC2COCCC2=O)co1. The van der Waals surface area contributed by atoms with Gasteiger partial charge in [0, 0.05) is 25.7 Å². The van der Waals surface area contributed by atoms with Crippen molar-refractivity contribution in [2.24, 2.45) is 5.92 Å². The fourth-order valence-corrected chi connectivity index (χ4v) is 1.62. The maximum absolute atomic E-state index is 11.5. The lowest BCUT2D eigenvalue weighted by Gasteiger charge is -2.19. The maximum atomic E-state index is 11.5. The minimum atomic E-state index is -0.0340. The summed E-state index contributed by atoms with van der Waals surface area (Å²) in [6.07, 6.45) is 2.77. The van der Waals surface area contributed by atoms with Gasteiger partial charge in [-0.1, -0.05) is 0 Å². The molecule has 1 unspecified atom stereocenters. The van der Waals surface area contributed by atoms with E-state index in [0.717, 1.165) is 5.69 Å². The number of rotatable bonds is 2. The highest BCUT2D eigenvalue weighted by Gasteiger charge is 2.23. The lowest BCUT2D eigenvalue weighted by atomic mass is 9.96. The second kappa shape index (κ2) is 3.92. The number of aryl methyl sites for hydroxylation is 1. The molecule has 1 aliphatic heterocycles. The van der Waals surface area contributed by atoms with Gasteiger partial charge in [-0.15, -0.1) is 0 Å². The number of oxazole rings is 1. The first-order valence-corrected chi connectivity index (χ1v) is 4.77. The molecule has 1 aliphatic rings. The molecule has 1 atom stereocenters. The monoisotopic (exact) mass is 195 g/mol. The predicted octanol–water partition coefficient (Wildman–Crippen LogP) is 1.13. The molecule has 0 saturated carbocycles. The lowest BCUT2D eigenvalue weighted by Crippen LogP contribution is -2.29. The summed E-state index contributed by atoms with van der Waals surface area (Å²) in [4.78, 5) is 15.6. The van der Waals surface area contributed by atoms with Gasteiger partial charge in [0.25, 0.3) is 0 Å². The van der Waals surface area contributed by atoms with Crippen molar-refractivity contribution in [3.05, 3.63) is 17.8 Å². The molecule has 2 heterocycles. The topological polar surface area (TPSA) is 52.3 Å². The van der Waals surface area contributed by atoms with Crippen LogP contribution >= 0.6 is 0 Å². The van der Waals surface area contributed by atoms with Crippen LogP contribution in [0, 0.1) is 12.8 Å². The fraction of sp³-hybridized carbons (Fsp3) is 0.600. The van der Waals surface area contributed by atoms with Crippen LogP contribution in [0.15, 0.2) is 10.7 Å². The number of hydrogen-bond acceptors (Lipinski definition) is 4. The first-order valence-electron chi connectivity index (χ1n) is 4.77. The minimum Gasteiger partial charge on any atom is -0.449 e. The quantitative estimate of drug-likeness (QED) is 0.709. The second-order valence-electron chi connectivity index (χ2n) is 3.55. The zero-order valence-electron chi connectivity index (χ0n) is 8.16. The van der Waals surface area contributed by atoms with Gasteiger partial charge in [0.2, 0.25) is 0 Å². The highest BCUT2D eigenvalue weighted by atomic mass is 16.5. The molecule has 1 aromatic heterocycles. The number of nitrogens with zero attached hydrogens (tertiary/aromatic N) is 1. The van der Waals surface area contributed by atoms with E-state index in [9.17, 15) is 4.79 Å². The number of aromatic nitrogens is 1. The molecule has 1 aromatic rings. The van der Waals surface area contributed by atoms with Gasteiger partial charge in [-0.25, -0.2) is 4.98 Å². The van der Waals surface area contributed by atoms with Crippen LogP contribution in [-0.2, 0) is 16.0 Å².